The van der Waals surface area contributed by atoms with Crippen molar-refractivity contribution in [2.45, 2.75) is 34.6 Å². The highest BCUT2D eigenvalue weighted by atomic mass is 16.5. The van der Waals surface area contributed by atoms with Gasteiger partial charge in [0, 0.05) is 54.5 Å². The Morgan fingerprint density at radius 1 is 1.05 bits per heavy atom. The minimum absolute atomic E-state index is 0.0492. The zero-order valence-electron chi connectivity index (χ0n) is 24.8. The maximum atomic E-state index is 13.0. The Labute approximate surface area is 243 Å². The predicted octanol–water partition coefficient (Wildman–Crippen LogP) is 6.38. The first-order valence-electron chi connectivity index (χ1n) is 14.5. The normalized spacial score (nSPS) is 16.3. The van der Waals surface area contributed by atoms with Crippen molar-refractivity contribution in [3.05, 3.63) is 65.9 Å². The van der Waals surface area contributed by atoms with Gasteiger partial charge in [-0.3, -0.25) is 0 Å². The van der Waals surface area contributed by atoms with Crippen molar-refractivity contribution in [1.29, 1.82) is 5.41 Å². The molecular weight excluding hydrogens is 514 g/mol. The van der Waals surface area contributed by atoms with Crippen molar-refractivity contribution in [2.24, 2.45) is 11.3 Å². The molecule has 0 bridgehead atoms. The summed E-state index contributed by atoms with van der Waals surface area (Å²) in [4.78, 5) is 22.4. The van der Waals surface area contributed by atoms with Crippen LogP contribution in [0.15, 0.2) is 54.6 Å². The van der Waals surface area contributed by atoms with Gasteiger partial charge in [0.05, 0.1) is 19.8 Å². The summed E-state index contributed by atoms with van der Waals surface area (Å²) in [6.45, 7) is 15.7. The number of hydrogen-bond donors (Lipinski definition) is 2. The molecule has 216 valence electrons. The number of nitrogens with zero attached hydrogens (tertiary/aromatic N) is 3. The number of rotatable bonds is 9. The summed E-state index contributed by atoms with van der Waals surface area (Å²) < 4.78 is 10.9. The number of carbonyl (C=O) groups is 1. The lowest BCUT2D eigenvalue weighted by atomic mass is 9.84. The second kappa shape index (κ2) is 11.9. The number of esters is 1. The smallest absolute Gasteiger partial charge is 0.357 e. The monoisotopic (exact) mass is 555 g/mol. The summed E-state index contributed by atoms with van der Waals surface area (Å²) in [5.74, 6) is -0.0599. The van der Waals surface area contributed by atoms with Crippen LogP contribution < -0.4 is 15.1 Å². The van der Waals surface area contributed by atoms with E-state index in [9.17, 15) is 4.79 Å². The van der Waals surface area contributed by atoms with Gasteiger partial charge >= 0.3 is 5.97 Å². The molecule has 0 radical (unpaired) electrons. The zero-order valence-corrected chi connectivity index (χ0v) is 24.8. The fraction of sp³-hybridized carbons (Fsp3) is 0.424. The largest absolute Gasteiger partial charge is 0.461 e. The maximum absolute atomic E-state index is 13.0. The number of hydrogen-bond acceptors (Lipinski definition) is 8. The van der Waals surface area contributed by atoms with E-state index in [-0.39, 0.29) is 18.2 Å². The average Bonchev–Trinajstić information content (AvgIpc) is 2.96. The summed E-state index contributed by atoms with van der Waals surface area (Å²) in [5.41, 5.74) is 6.45. The zero-order chi connectivity index (χ0) is 29.1. The minimum atomic E-state index is -0.485. The van der Waals surface area contributed by atoms with Crippen molar-refractivity contribution >= 4 is 34.6 Å². The molecule has 0 unspecified atom stereocenters. The van der Waals surface area contributed by atoms with Gasteiger partial charge in [0.1, 0.15) is 5.82 Å². The molecule has 2 saturated heterocycles. The lowest BCUT2D eigenvalue weighted by Crippen LogP contribution is -2.53. The van der Waals surface area contributed by atoms with Gasteiger partial charge in [-0.15, -0.1) is 0 Å². The van der Waals surface area contributed by atoms with Gasteiger partial charge in [-0.25, -0.2) is 9.78 Å². The van der Waals surface area contributed by atoms with Gasteiger partial charge in [0.15, 0.2) is 5.69 Å². The highest BCUT2D eigenvalue weighted by molar-refractivity contribution is 6.10. The van der Waals surface area contributed by atoms with Gasteiger partial charge < -0.3 is 30.0 Å². The quantitative estimate of drug-likeness (QED) is 0.234. The van der Waals surface area contributed by atoms with Crippen LogP contribution in [0.3, 0.4) is 0 Å². The highest BCUT2D eigenvalue weighted by Gasteiger charge is 2.34. The molecule has 0 atom stereocenters. The summed E-state index contributed by atoms with van der Waals surface area (Å²) in [5, 5.41) is 12.6. The molecule has 0 saturated carbocycles. The molecule has 8 nitrogen and oxygen atoms in total. The van der Waals surface area contributed by atoms with Crippen molar-refractivity contribution < 1.29 is 14.3 Å². The summed E-state index contributed by atoms with van der Waals surface area (Å²) in [6, 6.07) is 18.3. The van der Waals surface area contributed by atoms with E-state index in [1.165, 1.54) is 0 Å². The Morgan fingerprint density at radius 2 is 1.76 bits per heavy atom. The number of pyridine rings is 1. The van der Waals surface area contributed by atoms with Crippen LogP contribution in [0.5, 0.6) is 0 Å². The SMILES string of the molecule is CCOC(=O)c1cc(-c2ccc(N3CCOCC3)cc2)c(C(=N)C(C)C)c(Nc2cccc(N3CC(C)(C)C3)c2)n1. The Bertz CT molecular complexity index is 1400. The van der Waals surface area contributed by atoms with Crippen LogP contribution >= 0.6 is 0 Å². The number of morpholine rings is 1. The molecule has 0 spiro atoms. The Balaban J connectivity index is 1.57. The number of benzene rings is 2. The van der Waals surface area contributed by atoms with Crippen LogP contribution in [0.4, 0.5) is 22.9 Å². The number of ether oxygens (including phenoxy) is 2. The molecule has 3 aromatic rings. The molecule has 1 aromatic heterocycles. The molecule has 0 amide bonds. The molecule has 41 heavy (non-hydrogen) atoms. The Morgan fingerprint density at radius 3 is 2.39 bits per heavy atom. The highest BCUT2D eigenvalue weighted by Crippen LogP contribution is 2.37. The third-order valence-electron chi connectivity index (χ3n) is 7.62. The third kappa shape index (κ3) is 6.38. The summed E-state index contributed by atoms with van der Waals surface area (Å²) in [7, 11) is 0. The predicted molar refractivity (Wildman–Crippen MR) is 166 cm³/mol. The average molecular weight is 556 g/mol. The number of aromatic nitrogens is 1. The van der Waals surface area contributed by atoms with Crippen molar-refractivity contribution in [3.8, 4) is 11.1 Å². The fourth-order valence-corrected chi connectivity index (χ4v) is 5.49. The van der Waals surface area contributed by atoms with E-state index in [4.69, 9.17) is 19.9 Å². The van der Waals surface area contributed by atoms with E-state index in [0.29, 0.717) is 22.5 Å². The summed E-state index contributed by atoms with van der Waals surface area (Å²) in [6.07, 6.45) is 0. The molecule has 2 fully saturated rings. The van der Waals surface area contributed by atoms with Gasteiger partial charge in [-0.05, 0) is 65.8 Å². The van der Waals surface area contributed by atoms with E-state index < -0.39 is 5.97 Å². The lowest BCUT2D eigenvalue weighted by molar-refractivity contribution is 0.0519. The minimum Gasteiger partial charge on any atom is -0.461 e. The molecule has 0 aliphatic carbocycles. The van der Waals surface area contributed by atoms with Crippen molar-refractivity contribution in [3.63, 3.8) is 0 Å². The Hall–Kier alpha value is -3.91. The standard InChI is InChI=1S/C33H41N5O3/c1-6-41-32(39)28-19-27(23-10-12-25(13-11-23)37-14-16-40-17-15-37)29(30(34)22(2)3)31(36-28)35-24-8-7-9-26(18-24)38-20-33(4,5)21-38/h7-13,18-19,22,34H,6,14-17,20-21H2,1-5H3,(H,35,36). The second-order valence-electron chi connectivity index (χ2n) is 11.9. The van der Waals surface area contributed by atoms with E-state index in [1.807, 2.05) is 26.0 Å². The van der Waals surface area contributed by atoms with Crippen molar-refractivity contribution in [1.82, 2.24) is 4.98 Å². The van der Waals surface area contributed by atoms with E-state index >= 15 is 0 Å². The Kier molecular flexibility index (Phi) is 8.31. The fourth-order valence-electron chi connectivity index (χ4n) is 5.49. The van der Waals surface area contributed by atoms with Crippen LogP contribution in [-0.2, 0) is 9.47 Å². The molecule has 2 N–H and O–H groups in total. The van der Waals surface area contributed by atoms with Crippen LogP contribution in [0.1, 0.15) is 50.7 Å². The topological polar surface area (TPSA) is 90.8 Å². The van der Waals surface area contributed by atoms with E-state index in [2.05, 4.69) is 65.4 Å². The molecular formula is C33H41N5O3. The van der Waals surface area contributed by atoms with Crippen LogP contribution in [0.25, 0.3) is 11.1 Å². The molecule has 2 aromatic carbocycles. The van der Waals surface area contributed by atoms with Gasteiger partial charge in [0.25, 0.3) is 0 Å². The summed E-state index contributed by atoms with van der Waals surface area (Å²) >= 11 is 0. The number of carbonyl (C=O) groups excluding carboxylic acids is 1. The van der Waals surface area contributed by atoms with Crippen LogP contribution in [-0.4, -0.2) is 62.7 Å². The third-order valence-corrected chi connectivity index (χ3v) is 7.62. The molecule has 8 heteroatoms. The number of nitrogens with one attached hydrogen (secondary N) is 2. The molecule has 2 aliphatic rings. The first-order valence-corrected chi connectivity index (χ1v) is 14.5. The van der Waals surface area contributed by atoms with E-state index in [1.54, 1.807) is 13.0 Å². The maximum Gasteiger partial charge on any atom is 0.357 e. The number of anilines is 4. The van der Waals surface area contributed by atoms with Gasteiger partial charge in [0.2, 0.25) is 0 Å². The first kappa shape index (κ1) is 28.6. The molecule has 3 heterocycles. The second-order valence-corrected chi connectivity index (χ2v) is 11.9. The van der Waals surface area contributed by atoms with Crippen LogP contribution in [0, 0.1) is 16.7 Å². The van der Waals surface area contributed by atoms with Crippen LogP contribution in [0.2, 0.25) is 0 Å². The molecule has 5 rings (SSSR count). The first-order chi connectivity index (χ1) is 19.6. The van der Waals surface area contributed by atoms with E-state index in [0.717, 1.165) is 67.6 Å². The van der Waals surface area contributed by atoms with Crippen molar-refractivity contribution in [2.75, 3.05) is 61.1 Å². The van der Waals surface area contributed by atoms with Gasteiger partial charge in [-0.2, -0.15) is 0 Å². The van der Waals surface area contributed by atoms with Gasteiger partial charge in [-0.1, -0.05) is 45.9 Å². The molecule has 2 aliphatic heterocycles. The lowest BCUT2D eigenvalue weighted by Gasteiger charge is -2.47.